The maximum atomic E-state index is 13.9. The number of rotatable bonds is 3. The molecule has 0 saturated heterocycles. The summed E-state index contributed by atoms with van der Waals surface area (Å²) in [6, 6.07) is 5.97. The Morgan fingerprint density at radius 3 is 2.44 bits per heavy atom. The summed E-state index contributed by atoms with van der Waals surface area (Å²) in [5, 5.41) is 0. The molecule has 18 heavy (non-hydrogen) atoms. The number of benzene rings is 1. The molecule has 0 aliphatic heterocycles. The Morgan fingerprint density at radius 2 is 1.94 bits per heavy atom. The summed E-state index contributed by atoms with van der Waals surface area (Å²) in [6.07, 6.45) is 0. The van der Waals surface area contributed by atoms with E-state index in [1.54, 1.807) is 12.1 Å². The molecule has 96 valence electrons. The Kier molecular flexibility index (Phi) is 3.39. The maximum absolute atomic E-state index is 13.9. The number of hydrogen-bond donors (Lipinski definition) is 1. The topological polar surface area (TPSA) is 48.4 Å². The summed E-state index contributed by atoms with van der Waals surface area (Å²) in [5.74, 6) is 1.59. The minimum absolute atomic E-state index is 0.375. The number of aryl methyl sites for hydroxylation is 2. The van der Waals surface area contributed by atoms with Gasteiger partial charge in [0.25, 0.3) is 0 Å². The van der Waals surface area contributed by atoms with Gasteiger partial charge in [-0.05, 0) is 26.0 Å². The van der Waals surface area contributed by atoms with Crippen LogP contribution in [0.15, 0.2) is 28.7 Å². The molecular formula is C14H16FNO2. The zero-order chi connectivity index (χ0) is 13.3. The van der Waals surface area contributed by atoms with Crippen LogP contribution in [0.5, 0.6) is 5.75 Å². The van der Waals surface area contributed by atoms with Gasteiger partial charge >= 0.3 is 0 Å². The molecule has 0 bridgehead atoms. The number of ether oxygens (including phenoxy) is 1. The summed E-state index contributed by atoms with van der Waals surface area (Å²) in [6.45, 7) is 3.66. The summed E-state index contributed by atoms with van der Waals surface area (Å²) >= 11 is 0. The first-order valence-electron chi connectivity index (χ1n) is 5.69. The number of nitrogens with two attached hydrogens (primary N) is 1. The van der Waals surface area contributed by atoms with E-state index >= 15 is 0 Å². The van der Waals surface area contributed by atoms with Crippen LogP contribution in [0.4, 0.5) is 4.39 Å². The average Bonchev–Trinajstić information content (AvgIpc) is 2.67. The van der Waals surface area contributed by atoms with Gasteiger partial charge in [-0.25, -0.2) is 4.39 Å². The highest BCUT2D eigenvalue weighted by molar-refractivity contribution is 5.37. The lowest BCUT2D eigenvalue weighted by atomic mass is 9.99. The van der Waals surface area contributed by atoms with E-state index in [1.165, 1.54) is 13.2 Å². The van der Waals surface area contributed by atoms with Crippen molar-refractivity contribution < 1.29 is 13.5 Å². The lowest BCUT2D eigenvalue weighted by molar-refractivity contribution is 0.410. The van der Waals surface area contributed by atoms with Crippen molar-refractivity contribution in [3.05, 3.63) is 52.7 Å². The molecule has 0 aliphatic carbocycles. The molecule has 1 atom stereocenters. The summed E-state index contributed by atoms with van der Waals surface area (Å²) < 4.78 is 24.3. The average molecular weight is 249 g/mol. The van der Waals surface area contributed by atoms with Crippen molar-refractivity contribution in [1.82, 2.24) is 0 Å². The molecule has 2 N–H and O–H groups in total. The van der Waals surface area contributed by atoms with Crippen molar-refractivity contribution in [1.29, 1.82) is 0 Å². The minimum atomic E-state index is -0.534. The Labute approximate surface area is 105 Å². The first kappa shape index (κ1) is 12.6. The van der Waals surface area contributed by atoms with Crippen LogP contribution in [0.25, 0.3) is 0 Å². The second-order valence-corrected chi connectivity index (χ2v) is 4.23. The Hall–Kier alpha value is -1.81. The van der Waals surface area contributed by atoms with E-state index < -0.39 is 6.04 Å². The van der Waals surface area contributed by atoms with Gasteiger partial charge in [-0.1, -0.05) is 6.07 Å². The first-order valence-corrected chi connectivity index (χ1v) is 5.69. The van der Waals surface area contributed by atoms with Crippen LogP contribution in [0.3, 0.4) is 0 Å². The Bertz CT molecular complexity index is 563. The standard InChI is InChI=1S/C14H16FNO2/c1-8-6-12(9(2)18-8)14(16)11-5-4-10(17-3)7-13(11)15/h4-7,14H,16H2,1-3H3. The molecular weight excluding hydrogens is 233 g/mol. The molecule has 0 saturated carbocycles. The van der Waals surface area contributed by atoms with Gasteiger partial charge in [-0.15, -0.1) is 0 Å². The third-order valence-corrected chi connectivity index (χ3v) is 2.96. The quantitative estimate of drug-likeness (QED) is 0.909. The minimum Gasteiger partial charge on any atom is -0.497 e. The van der Waals surface area contributed by atoms with Crippen molar-refractivity contribution in [2.45, 2.75) is 19.9 Å². The highest BCUT2D eigenvalue weighted by Crippen LogP contribution is 2.28. The smallest absolute Gasteiger partial charge is 0.132 e. The van der Waals surface area contributed by atoms with E-state index in [0.29, 0.717) is 11.3 Å². The van der Waals surface area contributed by atoms with Crippen molar-refractivity contribution in [3.63, 3.8) is 0 Å². The van der Waals surface area contributed by atoms with Crippen molar-refractivity contribution >= 4 is 0 Å². The molecule has 0 fully saturated rings. The van der Waals surface area contributed by atoms with Gasteiger partial charge in [0, 0.05) is 17.2 Å². The van der Waals surface area contributed by atoms with Gasteiger partial charge in [-0.3, -0.25) is 0 Å². The second-order valence-electron chi connectivity index (χ2n) is 4.23. The van der Waals surface area contributed by atoms with E-state index in [1.807, 2.05) is 19.9 Å². The van der Waals surface area contributed by atoms with E-state index in [4.69, 9.17) is 14.9 Å². The molecule has 0 amide bonds. The highest BCUT2D eigenvalue weighted by atomic mass is 19.1. The Balaban J connectivity index is 2.39. The molecule has 1 heterocycles. The summed E-state index contributed by atoms with van der Waals surface area (Å²) in [7, 11) is 1.50. The van der Waals surface area contributed by atoms with Crippen LogP contribution in [0, 0.1) is 19.7 Å². The zero-order valence-corrected chi connectivity index (χ0v) is 10.7. The monoisotopic (exact) mass is 249 g/mol. The van der Waals surface area contributed by atoms with Crippen LogP contribution in [0.2, 0.25) is 0 Å². The number of furan rings is 1. The molecule has 0 radical (unpaired) electrons. The molecule has 1 aromatic heterocycles. The second kappa shape index (κ2) is 4.82. The molecule has 4 heteroatoms. The fourth-order valence-electron chi connectivity index (χ4n) is 2.01. The normalized spacial score (nSPS) is 12.5. The molecule has 1 unspecified atom stereocenters. The lowest BCUT2D eigenvalue weighted by Crippen LogP contribution is -2.14. The molecule has 0 aliphatic rings. The van der Waals surface area contributed by atoms with Gasteiger partial charge in [0.1, 0.15) is 23.1 Å². The van der Waals surface area contributed by atoms with E-state index in [-0.39, 0.29) is 5.82 Å². The third kappa shape index (κ3) is 2.24. The first-order chi connectivity index (χ1) is 8.52. The maximum Gasteiger partial charge on any atom is 0.132 e. The highest BCUT2D eigenvalue weighted by Gasteiger charge is 2.18. The number of hydrogen-bond acceptors (Lipinski definition) is 3. The summed E-state index contributed by atoms with van der Waals surface area (Å²) in [5.41, 5.74) is 7.31. The fraction of sp³-hybridized carbons (Fsp3) is 0.286. The number of halogens is 1. The van der Waals surface area contributed by atoms with Crippen molar-refractivity contribution in [2.75, 3.05) is 7.11 Å². The molecule has 2 aromatic rings. The third-order valence-electron chi connectivity index (χ3n) is 2.96. The van der Waals surface area contributed by atoms with Gasteiger partial charge in [0.15, 0.2) is 0 Å². The van der Waals surface area contributed by atoms with Crippen molar-refractivity contribution in [3.8, 4) is 5.75 Å². The van der Waals surface area contributed by atoms with Crippen LogP contribution >= 0.6 is 0 Å². The van der Waals surface area contributed by atoms with Crippen LogP contribution in [0.1, 0.15) is 28.7 Å². The van der Waals surface area contributed by atoms with Gasteiger partial charge in [0.2, 0.25) is 0 Å². The van der Waals surface area contributed by atoms with Crippen LogP contribution in [-0.4, -0.2) is 7.11 Å². The zero-order valence-electron chi connectivity index (χ0n) is 10.7. The lowest BCUT2D eigenvalue weighted by Gasteiger charge is -2.13. The van der Waals surface area contributed by atoms with Gasteiger partial charge in [0.05, 0.1) is 13.2 Å². The van der Waals surface area contributed by atoms with E-state index in [9.17, 15) is 4.39 Å². The predicted molar refractivity (Wildman–Crippen MR) is 67.2 cm³/mol. The fourth-order valence-corrected chi connectivity index (χ4v) is 2.01. The van der Waals surface area contributed by atoms with Gasteiger partial charge < -0.3 is 14.9 Å². The molecule has 0 spiro atoms. The molecule has 1 aromatic carbocycles. The van der Waals surface area contributed by atoms with E-state index in [0.717, 1.165) is 17.1 Å². The number of methoxy groups -OCH3 is 1. The molecule has 2 rings (SSSR count). The van der Waals surface area contributed by atoms with E-state index in [2.05, 4.69) is 0 Å². The summed E-state index contributed by atoms with van der Waals surface area (Å²) in [4.78, 5) is 0. The SMILES string of the molecule is COc1ccc(C(N)c2cc(C)oc2C)c(F)c1. The van der Waals surface area contributed by atoms with Crippen LogP contribution < -0.4 is 10.5 Å². The largest absolute Gasteiger partial charge is 0.497 e. The van der Waals surface area contributed by atoms with Gasteiger partial charge in [-0.2, -0.15) is 0 Å². The van der Waals surface area contributed by atoms with Crippen molar-refractivity contribution in [2.24, 2.45) is 5.73 Å². The van der Waals surface area contributed by atoms with Crippen LogP contribution in [-0.2, 0) is 0 Å². The predicted octanol–water partition coefficient (Wildman–Crippen LogP) is 3.09. The molecule has 3 nitrogen and oxygen atoms in total. The Morgan fingerprint density at radius 1 is 1.22 bits per heavy atom.